The van der Waals surface area contributed by atoms with Crippen LogP contribution in [0.5, 0.6) is 0 Å². The van der Waals surface area contributed by atoms with Gasteiger partial charge in [-0.3, -0.25) is 9.59 Å². The molecule has 0 unspecified atom stereocenters. The fraction of sp³-hybridized carbons (Fsp3) is 0.667. The molecule has 0 rings (SSSR count). The number of carboxylic acids is 2. The lowest BCUT2D eigenvalue weighted by molar-refractivity contribution is -0.165. The third-order valence-corrected chi connectivity index (χ3v) is 3.08. The summed E-state index contributed by atoms with van der Waals surface area (Å²) in [4.78, 5) is 40.9. The number of carbonyl (C=O) groups is 4. The van der Waals surface area contributed by atoms with E-state index in [1.165, 1.54) is 0 Å². The summed E-state index contributed by atoms with van der Waals surface area (Å²) in [6.07, 6.45) is -17.6. The van der Waals surface area contributed by atoms with E-state index in [0.29, 0.717) is 0 Å². The molecule has 2 amide bonds. The first-order valence-corrected chi connectivity index (χ1v) is 7.06. The first kappa shape index (κ1) is 27.8. The molecule has 0 aliphatic heterocycles. The zero-order valence-corrected chi connectivity index (χ0v) is 13.9. The van der Waals surface area contributed by atoms with Gasteiger partial charge in [-0.2, -0.15) is 0 Å². The lowest BCUT2D eigenvalue weighted by Crippen LogP contribution is -2.51. The van der Waals surface area contributed by atoms with Crippen molar-refractivity contribution in [3.05, 3.63) is 0 Å². The van der Waals surface area contributed by atoms with Gasteiger partial charge < -0.3 is 62.5 Å². The van der Waals surface area contributed by atoms with Crippen molar-refractivity contribution in [2.75, 3.05) is 0 Å². The average Bonchev–Trinajstić information content (AvgIpc) is 2.62. The molecule has 8 atom stereocenters. The van der Waals surface area contributed by atoms with Crippen LogP contribution in [-0.2, 0) is 19.2 Å². The van der Waals surface area contributed by atoms with Gasteiger partial charge in [-0.15, -0.1) is 0 Å². The Morgan fingerprint density at radius 3 is 0.786 bits per heavy atom. The van der Waals surface area contributed by atoms with E-state index in [1.54, 1.807) is 0 Å². The monoisotopic (exact) mass is 418 g/mol. The van der Waals surface area contributed by atoms with Gasteiger partial charge in [-0.25, -0.2) is 9.59 Å². The molecule has 0 aromatic rings. The Hall–Kier alpha value is -2.44. The van der Waals surface area contributed by atoms with E-state index in [1.807, 2.05) is 0 Å². The van der Waals surface area contributed by atoms with Crippen LogP contribution in [0.15, 0.2) is 0 Å². The first-order chi connectivity index (χ1) is 12.6. The minimum Gasteiger partial charge on any atom is -0.479 e. The second kappa shape index (κ2) is 12.1. The molecule has 14 N–H and O–H groups in total. The van der Waals surface area contributed by atoms with Crippen LogP contribution in [-0.4, -0.2) is 124 Å². The molecule has 16 nitrogen and oxygen atoms in total. The Morgan fingerprint density at radius 2 is 0.643 bits per heavy atom. The van der Waals surface area contributed by atoms with E-state index in [0.717, 1.165) is 0 Å². The topological polar surface area (TPSA) is 323 Å². The summed E-state index contributed by atoms with van der Waals surface area (Å²) in [5.41, 5.74) is 9.12. The normalized spacial score (nSPS) is 19.4. The molecule has 0 aliphatic carbocycles. The molecule has 16 heteroatoms. The lowest BCUT2D eigenvalue weighted by Gasteiger charge is -2.22. The molecule has 0 heterocycles. The highest BCUT2D eigenvalue weighted by atomic mass is 16.4. The maximum atomic E-state index is 10.3. The number of hydrogen-bond donors (Lipinski definition) is 12. The molecular formula is C12H22N2O14. The highest BCUT2D eigenvalue weighted by Gasteiger charge is 2.37. The van der Waals surface area contributed by atoms with Crippen molar-refractivity contribution in [1.29, 1.82) is 0 Å². The summed E-state index contributed by atoms with van der Waals surface area (Å²) in [5, 5.41) is 87.2. The van der Waals surface area contributed by atoms with E-state index in [2.05, 4.69) is 11.5 Å². The highest BCUT2D eigenvalue weighted by Crippen LogP contribution is 2.06. The van der Waals surface area contributed by atoms with Crippen LogP contribution in [0.2, 0.25) is 0 Å². The van der Waals surface area contributed by atoms with Crippen molar-refractivity contribution in [2.45, 2.75) is 48.8 Å². The van der Waals surface area contributed by atoms with Gasteiger partial charge >= 0.3 is 11.9 Å². The summed E-state index contributed by atoms with van der Waals surface area (Å²) < 4.78 is 0. The van der Waals surface area contributed by atoms with Crippen LogP contribution in [0, 0.1) is 0 Å². The minimum absolute atomic E-state index is 1.34. The van der Waals surface area contributed by atoms with Crippen molar-refractivity contribution in [3.8, 4) is 0 Å². The fourth-order valence-electron chi connectivity index (χ4n) is 1.38. The predicted molar refractivity (Wildman–Crippen MR) is 81.7 cm³/mol. The Labute approximate surface area is 155 Å². The molecule has 0 fully saturated rings. The molecule has 0 saturated heterocycles. The molecule has 164 valence electrons. The maximum absolute atomic E-state index is 10.3. The van der Waals surface area contributed by atoms with E-state index in [4.69, 9.17) is 51.1 Å². The summed E-state index contributed by atoms with van der Waals surface area (Å²) >= 11 is 0. The van der Waals surface area contributed by atoms with Gasteiger partial charge in [-0.05, 0) is 0 Å². The van der Waals surface area contributed by atoms with Crippen LogP contribution in [0.4, 0.5) is 0 Å². The highest BCUT2D eigenvalue weighted by molar-refractivity contribution is 5.80. The molecule has 28 heavy (non-hydrogen) atoms. The fourth-order valence-corrected chi connectivity index (χ4v) is 1.38. The van der Waals surface area contributed by atoms with Crippen molar-refractivity contribution >= 4 is 23.8 Å². The van der Waals surface area contributed by atoms with Crippen LogP contribution >= 0.6 is 0 Å². The van der Waals surface area contributed by atoms with Crippen LogP contribution in [0.3, 0.4) is 0 Å². The molecule has 0 radical (unpaired) electrons. The summed E-state index contributed by atoms with van der Waals surface area (Å²) in [6.45, 7) is 0. The third-order valence-electron chi connectivity index (χ3n) is 3.08. The predicted octanol–water partition coefficient (Wildman–Crippen LogP) is -8.00. The maximum Gasteiger partial charge on any atom is 0.335 e. The van der Waals surface area contributed by atoms with Crippen molar-refractivity contribution in [3.63, 3.8) is 0 Å². The van der Waals surface area contributed by atoms with Gasteiger partial charge in [0.05, 0.1) is 0 Å². The summed E-state index contributed by atoms with van der Waals surface area (Å²) in [5.74, 6) is -6.27. The molecule has 0 aromatic heterocycles. The van der Waals surface area contributed by atoms with Gasteiger partial charge in [0.25, 0.3) is 0 Å². The number of aliphatic carboxylic acids is 2. The Bertz CT molecular complexity index is 460. The number of carboxylic acid groups (broad SMARTS) is 2. The molecule has 0 aliphatic rings. The molecule has 0 spiro atoms. The SMILES string of the molecule is NC(=O)[C@@H](O)[C@@H](O)[C@H](O)[C@@H](O)C(=O)O.NC(=O)[C@@H](O)[C@@H](O)[C@H](O)[C@@H](O)C(=O)O. The van der Waals surface area contributed by atoms with E-state index >= 15 is 0 Å². The van der Waals surface area contributed by atoms with Crippen LogP contribution < -0.4 is 11.5 Å². The van der Waals surface area contributed by atoms with Crippen molar-refractivity contribution < 1.29 is 70.2 Å². The van der Waals surface area contributed by atoms with Crippen LogP contribution in [0.25, 0.3) is 0 Å². The van der Waals surface area contributed by atoms with E-state index in [9.17, 15) is 19.2 Å². The zero-order valence-electron chi connectivity index (χ0n) is 13.9. The number of carbonyl (C=O) groups excluding carboxylic acids is 2. The molecular weight excluding hydrogens is 396 g/mol. The molecule has 0 saturated carbocycles. The third kappa shape index (κ3) is 8.50. The van der Waals surface area contributed by atoms with Crippen molar-refractivity contribution in [2.24, 2.45) is 11.5 Å². The van der Waals surface area contributed by atoms with E-state index in [-0.39, 0.29) is 0 Å². The van der Waals surface area contributed by atoms with Gasteiger partial charge in [0.1, 0.15) is 24.4 Å². The standard InChI is InChI=1S/2C6H11NO7/c2*7-5(12)3(10)1(8)2(9)4(11)6(13)14/h2*1-4,8-11H,(H2,7,12)(H,13,14)/t2*1-,2-,3-,4+/m00/s1. The summed E-state index contributed by atoms with van der Waals surface area (Å²) in [7, 11) is 0. The van der Waals surface area contributed by atoms with Gasteiger partial charge in [0, 0.05) is 0 Å². The van der Waals surface area contributed by atoms with Gasteiger partial charge in [0.2, 0.25) is 11.8 Å². The lowest BCUT2D eigenvalue weighted by atomic mass is 10.0. The number of primary amides is 2. The Morgan fingerprint density at radius 1 is 0.464 bits per heavy atom. The first-order valence-electron chi connectivity index (χ1n) is 7.06. The molecule has 0 bridgehead atoms. The Kier molecular flexibility index (Phi) is 12.0. The van der Waals surface area contributed by atoms with E-state index < -0.39 is 72.6 Å². The van der Waals surface area contributed by atoms with Crippen LogP contribution in [0.1, 0.15) is 0 Å². The largest absolute Gasteiger partial charge is 0.479 e. The number of hydrogen-bond acceptors (Lipinski definition) is 12. The number of rotatable bonds is 10. The number of aliphatic hydroxyl groups is 8. The smallest absolute Gasteiger partial charge is 0.335 e. The van der Waals surface area contributed by atoms with Gasteiger partial charge in [-0.1, -0.05) is 0 Å². The second-order valence-corrected chi connectivity index (χ2v) is 5.22. The Balaban J connectivity index is 0. The number of nitrogens with two attached hydrogens (primary N) is 2. The summed E-state index contributed by atoms with van der Waals surface area (Å²) in [6, 6.07) is 0. The van der Waals surface area contributed by atoms with Crippen molar-refractivity contribution in [1.82, 2.24) is 0 Å². The average molecular weight is 418 g/mol. The zero-order chi connectivity index (χ0) is 22.9. The van der Waals surface area contributed by atoms with Gasteiger partial charge in [0.15, 0.2) is 24.4 Å². The number of aliphatic hydroxyl groups excluding tert-OH is 8. The molecule has 0 aromatic carbocycles. The quantitative estimate of drug-likeness (QED) is 0.157. The number of amides is 2. The second-order valence-electron chi connectivity index (χ2n) is 5.22. The minimum atomic E-state index is -2.31.